The second kappa shape index (κ2) is 7.05. The molecule has 26 heavy (non-hydrogen) atoms. The Balaban J connectivity index is 1.54. The molecule has 0 fully saturated rings. The average Bonchev–Trinajstić information content (AvgIpc) is 3.23. The molecule has 0 saturated carbocycles. The molecule has 1 amide bonds. The zero-order valence-corrected chi connectivity index (χ0v) is 15.0. The van der Waals surface area contributed by atoms with Crippen molar-refractivity contribution in [1.29, 1.82) is 0 Å². The van der Waals surface area contributed by atoms with Crippen molar-refractivity contribution >= 4 is 27.9 Å². The Bertz CT molecular complexity index is 1050. The Morgan fingerprint density at radius 3 is 2.77 bits per heavy atom. The highest BCUT2D eigenvalue weighted by Gasteiger charge is 2.12. The molecular weight excluding hydrogens is 346 g/mol. The highest BCUT2D eigenvalue weighted by molar-refractivity contribution is 7.19. The van der Waals surface area contributed by atoms with Gasteiger partial charge in [0.1, 0.15) is 5.01 Å². The molecule has 0 spiro atoms. The number of hydrogen-bond donors (Lipinski definition) is 1. The maximum Gasteiger partial charge on any atom is 0.234 e. The summed E-state index contributed by atoms with van der Waals surface area (Å²) >= 11 is 1.48. The first-order valence-electron chi connectivity index (χ1n) is 8.38. The maximum atomic E-state index is 12.3. The predicted molar refractivity (Wildman–Crippen MR) is 102 cm³/mol. The summed E-state index contributed by atoms with van der Waals surface area (Å²) in [6.07, 6.45) is 1.13. The molecule has 2 aromatic heterocycles. The van der Waals surface area contributed by atoms with Crippen LogP contribution in [-0.4, -0.2) is 25.7 Å². The van der Waals surface area contributed by atoms with Gasteiger partial charge in [0.25, 0.3) is 0 Å². The molecule has 0 aliphatic heterocycles. The van der Waals surface area contributed by atoms with E-state index in [0.29, 0.717) is 6.42 Å². The second-order valence-corrected chi connectivity index (χ2v) is 6.82. The van der Waals surface area contributed by atoms with Crippen LogP contribution < -0.4 is 5.32 Å². The fraction of sp³-hybridized carbons (Fsp3) is 0.158. The molecule has 0 radical (unpaired) electrons. The lowest BCUT2D eigenvalue weighted by Gasteiger charge is -2.06. The van der Waals surface area contributed by atoms with Crippen LogP contribution >= 0.6 is 11.3 Å². The third-order valence-corrected chi connectivity index (χ3v) is 4.92. The molecule has 0 unspecified atom stereocenters. The molecule has 0 aliphatic rings. The number of nitrogens with one attached hydrogen (secondary N) is 1. The molecule has 2 aromatic carbocycles. The number of rotatable bonds is 5. The highest BCUT2D eigenvalue weighted by atomic mass is 32.1. The Labute approximate surface area is 154 Å². The number of fused-ring (bicyclic) bond motifs is 1. The molecule has 2 heterocycles. The zero-order valence-electron chi connectivity index (χ0n) is 14.2. The van der Waals surface area contributed by atoms with Gasteiger partial charge in [-0.15, -0.1) is 10.2 Å². The highest BCUT2D eigenvalue weighted by Crippen LogP contribution is 2.27. The van der Waals surface area contributed by atoms with E-state index in [0.717, 1.165) is 39.0 Å². The van der Waals surface area contributed by atoms with Crippen LogP contribution in [0.2, 0.25) is 0 Å². The van der Waals surface area contributed by atoms with Gasteiger partial charge in [-0.1, -0.05) is 60.7 Å². The lowest BCUT2D eigenvalue weighted by atomic mass is 10.1. The van der Waals surface area contributed by atoms with E-state index < -0.39 is 0 Å². The predicted octanol–water partition coefficient (Wildman–Crippen LogP) is 3.60. The lowest BCUT2D eigenvalue weighted by Crippen LogP contribution is -2.14. The van der Waals surface area contributed by atoms with Gasteiger partial charge in [0, 0.05) is 17.7 Å². The van der Waals surface area contributed by atoms with Gasteiger partial charge < -0.3 is 5.32 Å². The van der Waals surface area contributed by atoms with Crippen molar-refractivity contribution in [1.82, 2.24) is 19.8 Å². The monoisotopic (exact) mass is 363 g/mol. The minimum absolute atomic E-state index is 0.0419. The summed E-state index contributed by atoms with van der Waals surface area (Å²) in [5, 5.41) is 16.7. The summed E-state index contributed by atoms with van der Waals surface area (Å²) in [6, 6.07) is 17.4. The summed E-state index contributed by atoms with van der Waals surface area (Å²) in [5.74, 6) is 0.801. The number of aromatic nitrogens is 4. The SMILES string of the molecule is CCc1nnc2sc(-c3cccc(NC(=O)Cc4ccccc4)c3)nn12. The van der Waals surface area contributed by atoms with Gasteiger partial charge >= 0.3 is 0 Å². The van der Waals surface area contributed by atoms with Crippen molar-refractivity contribution in [3.05, 3.63) is 66.0 Å². The first kappa shape index (κ1) is 16.4. The van der Waals surface area contributed by atoms with Crippen LogP contribution in [0.1, 0.15) is 18.3 Å². The number of anilines is 1. The number of hydrogen-bond acceptors (Lipinski definition) is 5. The number of aryl methyl sites for hydroxylation is 1. The molecule has 7 heteroatoms. The minimum Gasteiger partial charge on any atom is -0.326 e. The van der Waals surface area contributed by atoms with E-state index >= 15 is 0 Å². The summed E-state index contributed by atoms with van der Waals surface area (Å²) < 4.78 is 1.78. The standard InChI is InChI=1S/C19H17N5OS/c1-2-16-21-22-19-24(16)23-18(26-19)14-9-6-10-15(12-14)20-17(25)11-13-7-4-3-5-8-13/h3-10,12H,2,11H2,1H3,(H,20,25). The molecule has 1 N–H and O–H groups in total. The third-order valence-electron chi connectivity index (χ3n) is 3.97. The summed E-state index contributed by atoms with van der Waals surface area (Å²) in [6.45, 7) is 2.03. The summed E-state index contributed by atoms with van der Waals surface area (Å²) in [7, 11) is 0. The number of carbonyl (C=O) groups excluding carboxylic acids is 1. The number of amides is 1. The first-order valence-corrected chi connectivity index (χ1v) is 9.20. The summed E-state index contributed by atoms with van der Waals surface area (Å²) in [4.78, 5) is 13.0. The largest absolute Gasteiger partial charge is 0.326 e. The van der Waals surface area contributed by atoms with Gasteiger partial charge in [0.2, 0.25) is 10.9 Å². The van der Waals surface area contributed by atoms with Crippen molar-refractivity contribution in [3.8, 4) is 10.6 Å². The molecule has 0 bridgehead atoms. The van der Waals surface area contributed by atoms with Crippen LogP contribution in [0.25, 0.3) is 15.5 Å². The summed E-state index contributed by atoms with van der Waals surface area (Å²) in [5.41, 5.74) is 2.69. The lowest BCUT2D eigenvalue weighted by molar-refractivity contribution is -0.115. The van der Waals surface area contributed by atoms with Crippen LogP contribution in [0, 0.1) is 0 Å². The quantitative estimate of drug-likeness (QED) is 0.588. The normalized spacial score (nSPS) is 11.0. The van der Waals surface area contributed by atoms with Crippen LogP contribution in [0.4, 0.5) is 5.69 Å². The van der Waals surface area contributed by atoms with Gasteiger partial charge in [-0.05, 0) is 17.7 Å². The van der Waals surface area contributed by atoms with Crippen LogP contribution in [0.5, 0.6) is 0 Å². The topological polar surface area (TPSA) is 72.2 Å². The Morgan fingerprint density at radius 2 is 1.96 bits per heavy atom. The molecular formula is C19H17N5OS. The van der Waals surface area contributed by atoms with Gasteiger partial charge in [-0.3, -0.25) is 4.79 Å². The number of carbonyl (C=O) groups is 1. The number of benzene rings is 2. The van der Waals surface area contributed by atoms with E-state index in [1.165, 1.54) is 11.3 Å². The van der Waals surface area contributed by atoms with Gasteiger partial charge in [-0.2, -0.15) is 9.61 Å². The Hall–Kier alpha value is -3.06. The molecule has 4 rings (SSSR count). The zero-order chi connectivity index (χ0) is 17.9. The van der Waals surface area contributed by atoms with Crippen molar-refractivity contribution in [2.24, 2.45) is 0 Å². The van der Waals surface area contributed by atoms with E-state index in [-0.39, 0.29) is 5.91 Å². The average molecular weight is 363 g/mol. The van der Waals surface area contributed by atoms with E-state index in [2.05, 4.69) is 20.6 Å². The molecule has 130 valence electrons. The van der Waals surface area contributed by atoms with E-state index in [4.69, 9.17) is 0 Å². The van der Waals surface area contributed by atoms with Crippen LogP contribution in [0.15, 0.2) is 54.6 Å². The third kappa shape index (κ3) is 3.34. The minimum atomic E-state index is -0.0419. The molecule has 0 aliphatic carbocycles. The maximum absolute atomic E-state index is 12.3. The van der Waals surface area contributed by atoms with Crippen molar-refractivity contribution in [2.45, 2.75) is 19.8 Å². The molecule has 6 nitrogen and oxygen atoms in total. The molecule has 4 aromatic rings. The molecule has 0 atom stereocenters. The first-order chi connectivity index (χ1) is 12.7. The Morgan fingerprint density at radius 1 is 1.12 bits per heavy atom. The van der Waals surface area contributed by atoms with E-state index in [1.807, 2.05) is 61.5 Å². The Kier molecular flexibility index (Phi) is 4.45. The fourth-order valence-electron chi connectivity index (χ4n) is 2.71. The van der Waals surface area contributed by atoms with Gasteiger partial charge in [0.05, 0.1) is 6.42 Å². The van der Waals surface area contributed by atoms with Crippen LogP contribution in [0.3, 0.4) is 0 Å². The van der Waals surface area contributed by atoms with Gasteiger partial charge in [0.15, 0.2) is 5.82 Å². The van der Waals surface area contributed by atoms with Crippen LogP contribution in [-0.2, 0) is 17.6 Å². The number of nitrogens with zero attached hydrogens (tertiary/aromatic N) is 4. The van der Waals surface area contributed by atoms with E-state index in [9.17, 15) is 4.79 Å². The van der Waals surface area contributed by atoms with Crippen molar-refractivity contribution in [2.75, 3.05) is 5.32 Å². The van der Waals surface area contributed by atoms with Crippen molar-refractivity contribution < 1.29 is 4.79 Å². The van der Waals surface area contributed by atoms with Crippen molar-refractivity contribution in [3.63, 3.8) is 0 Å². The smallest absolute Gasteiger partial charge is 0.234 e. The van der Waals surface area contributed by atoms with Gasteiger partial charge in [-0.25, -0.2) is 0 Å². The van der Waals surface area contributed by atoms with E-state index in [1.54, 1.807) is 4.52 Å². The fourth-order valence-corrected chi connectivity index (χ4v) is 3.57. The molecule has 0 saturated heterocycles. The second-order valence-electron chi connectivity index (χ2n) is 5.86.